The maximum Gasteiger partial charge on any atom is 0.387 e. The Morgan fingerprint density at radius 2 is 1.73 bits per heavy atom. The van der Waals surface area contributed by atoms with Crippen molar-refractivity contribution in [1.82, 2.24) is 4.57 Å². The molecule has 0 unspecified atom stereocenters. The van der Waals surface area contributed by atoms with Crippen LogP contribution in [0.15, 0.2) is 54.9 Å². The Kier molecular flexibility index (Phi) is 6.10. The summed E-state index contributed by atoms with van der Waals surface area (Å²) in [6, 6.07) is 10.3. The average Bonchev–Trinajstić information content (AvgIpc) is 3.01. The van der Waals surface area contributed by atoms with Crippen molar-refractivity contribution in [3.8, 4) is 11.4 Å². The number of halogens is 2. The monoisotopic (exact) mass is 416 g/mol. The van der Waals surface area contributed by atoms with E-state index in [-0.39, 0.29) is 11.3 Å². The third-order valence-corrected chi connectivity index (χ3v) is 4.42. The lowest BCUT2D eigenvalue weighted by molar-refractivity contribution is -0.605. The first-order valence-corrected chi connectivity index (χ1v) is 8.89. The number of nitrogens with zero attached hydrogens (tertiary/aromatic N) is 2. The second-order valence-electron chi connectivity index (χ2n) is 6.44. The summed E-state index contributed by atoms with van der Waals surface area (Å²) in [6.45, 7) is 0.156. The predicted molar refractivity (Wildman–Crippen MR) is 102 cm³/mol. The highest BCUT2D eigenvalue weighted by molar-refractivity contribution is 6.00. The number of hydrogen-bond acceptors (Lipinski definition) is 5. The Morgan fingerprint density at radius 3 is 2.33 bits per heavy atom. The number of carbonyl (C=O) groups excluding carboxylic acids is 2. The Hall–Kier alpha value is -3.75. The van der Waals surface area contributed by atoms with E-state index in [1.807, 2.05) is 0 Å². The van der Waals surface area contributed by atoms with Gasteiger partial charge in [0.05, 0.1) is 5.56 Å². The van der Waals surface area contributed by atoms with Gasteiger partial charge in [-0.15, -0.1) is 0 Å². The lowest BCUT2D eigenvalue weighted by Crippen LogP contribution is -2.24. The van der Waals surface area contributed by atoms with Gasteiger partial charge in [0, 0.05) is 34.8 Å². The molecule has 0 saturated heterocycles. The highest BCUT2D eigenvalue weighted by Crippen LogP contribution is 2.24. The smallest absolute Gasteiger partial charge is 0.387 e. The van der Waals surface area contributed by atoms with Gasteiger partial charge in [0.2, 0.25) is 5.78 Å². The minimum Gasteiger partial charge on any atom is -0.619 e. The molecule has 3 aromatic rings. The van der Waals surface area contributed by atoms with Gasteiger partial charge in [0.25, 0.3) is 0 Å². The topological polar surface area (TPSA) is 84.5 Å². The van der Waals surface area contributed by atoms with Crippen LogP contribution in [0.3, 0.4) is 0 Å². The molecule has 2 heterocycles. The van der Waals surface area contributed by atoms with E-state index in [1.54, 1.807) is 36.6 Å². The Labute approximate surface area is 170 Å². The quantitative estimate of drug-likeness (QED) is 0.255. The van der Waals surface area contributed by atoms with Crippen LogP contribution < -0.4 is 9.47 Å². The van der Waals surface area contributed by atoms with Crippen LogP contribution in [0.5, 0.6) is 5.75 Å². The first kappa shape index (κ1) is 21.0. The minimum absolute atomic E-state index is 0.0304. The van der Waals surface area contributed by atoms with Crippen LogP contribution >= 0.6 is 0 Å². The number of aryl methyl sites for hydroxylation is 1. The minimum atomic E-state index is -2.91. The van der Waals surface area contributed by atoms with Crippen molar-refractivity contribution in [3.63, 3.8) is 0 Å². The summed E-state index contributed by atoms with van der Waals surface area (Å²) in [5.41, 5.74) is 2.55. The summed E-state index contributed by atoms with van der Waals surface area (Å²) in [5, 5.41) is 11.0. The molecule has 0 N–H and O–H groups in total. The normalized spacial score (nSPS) is 10.8. The average molecular weight is 416 g/mol. The fourth-order valence-electron chi connectivity index (χ4n) is 3.06. The summed E-state index contributed by atoms with van der Waals surface area (Å²) >= 11 is 0. The van der Waals surface area contributed by atoms with Crippen LogP contribution in [-0.2, 0) is 4.74 Å². The van der Waals surface area contributed by atoms with E-state index >= 15 is 0 Å². The molecule has 0 radical (unpaired) electrons. The third kappa shape index (κ3) is 4.62. The summed E-state index contributed by atoms with van der Waals surface area (Å²) in [4.78, 5) is 24.6. The van der Waals surface area contributed by atoms with Crippen molar-refractivity contribution < 1.29 is 32.6 Å². The molecule has 0 bridgehead atoms. The molecule has 3 rings (SSSR count). The van der Waals surface area contributed by atoms with Crippen molar-refractivity contribution in [2.45, 2.75) is 20.5 Å². The molecule has 7 nitrogen and oxygen atoms in total. The van der Waals surface area contributed by atoms with Gasteiger partial charge in [-0.2, -0.15) is 13.5 Å². The number of alkyl halides is 2. The van der Waals surface area contributed by atoms with Crippen LogP contribution in [0.25, 0.3) is 5.69 Å². The molecule has 9 heteroatoms. The highest BCUT2D eigenvalue weighted by Gasteiger charge is 2.19. The zero-order valence-electron chi connectivity index (χ0n) is 16.2. The number of aromatic nitrogens is 2. The number of ether oxygens (including phenoxy) is 2. The predicted octanol–water partition coefficient (Wildman–Crippen LogP) is 3.37. The van der Waals surface area contributed by atoms with Crippen molar-refractivity contribution >= 4 is 11.8 Å². The molecule has 0 atom stereocenters. The molecular formula is C21H18F2N2O5. The second-order valence-corrected chi connectivity index (χ2v) is 6.44. The van der Waals surface area contributed by atoms with Crippen LogP contribution in [-0.4, -0.2) is 29.5 Å². The lowest BCUT2D eigenvalue weighted by atomic mass is 10.1. The number of hydrogen-bond donors (Lipinski definition) is 0. The Bertz CT molecular complexity index is 1060. The van der Waals surface area contributed by atoms with E-state index in [0.29, 0.717) is 21.7 Å². The fraction of sp³-hybridized carbons (Fsp3) is 0.190. The molecule has 0 fully saturated rings. The van der Waals surface area contributed by atoms with Gasteiger partial charge in [0.15, 0.2) is 19.0 Å². The van der Waals surface area contributed by atoms with Crippen molar-refractivity contribution in [2.75, 3.05) is 6.61 Å². The highest BCUT2D eigenvalue weighted by atomic mass is 19.3. The maximum absolute atomic E-state index is 12.6. The van der Waals surface area contributed by atoms with Crippen molar-refractivity contribution in [3.05, 3.63) is 82.6 Å². The fourth-order valence-corrected chi connectivity index (χ4v) is 3.06. The summed E-state index contributed by atoms with van der Waals surface area (Å²) in [6.07, 6.45) is 2.31. The first-order chi connectivity index (χ1) is 14.3. The molecule has 0 aliphatic carbocycles. The number of rotatable bonds is 7. The number of esters is 1. The molecule has 1 aromatic carbocycles. The second kappa shape index (κ2) is 8.73. The van der Waals surface area contributed by atoms with Crippen LogP contribution in [0.2, 0.25) is 0 Å². The third-order valence-electron chi connectivity index (χ3n) is 4.42. The largest absolute Gasteiger partial charge is 0.619 e. The summed E-state index contributed by atoms with van der Waals surface area (Å²) in [7, 11) is 0. The van der Waals surface area contributed by atoms with Gasteiger partial charge < -0.3 is 19.2 Å². The lowest BCUT2D eigenvalue weighted by Gasteiger charge is -2.11. The van der Waals surface area contributed by atoms with Gasteiger partial charge in [0.1, 0.15) is 5.75 Å². The van der Waals surface area contributed by atoms with E-state index in [4.69, 9.17) is 4.74 Å². The summed E-state index contributed by atoms with van der Waals surface area (Å²) in [5.74, 6) is -1.08. The zero-order valence-corrected chi connectivity index (χ0v) is 16.2. The molecular weight excluding hydrogens is 398 g/mol. The molecule has 0 saturated carbocycles. The zero-order chi connectivity index (χ0) is 21.8. The molecule has 0 aliphatic heterocycles. The number of pyridine rings is 1. The van der Waals surface area contributed by atoms with E-state index in [2.05, 4.69) is 4.74 Å². The number of Topliss-reactive ketones (excluding diaryl/α,β-unsaturated/α-hetero) is 1. The molecule has 156 valence electrons. The van der Waals surface area contributed by atoms with Gasteiger partial charge in [-0.3, -0.25) is 4.79 Å². The van der Waals surface area contributed by atoms with Gasteiger partial charge >= 0.3 is 12.6 Å². The first-order valence-electron chi connectivity index (χ1n) is 8.89. The summed E-state index contributed by atoms with van der Waals surface area (Å²) < 4.78 is 36.3. The Balaban J connectivity index is 1.73. The van der Waals surface area contributed by atoms with Crippen LogP contribution in [0.1, 0.15) is 32.1 Å². The maximum atomic E-state index is 12.6. The Morgan fingerprint density at radius 1 is 1.10 bits per heavy atom. The SMILES string of the molecule is Cc1cc(C(=O)COC(=O)c2cc[n+]([O-])cc2)c(C)n1-c1ccc(OC(F)F)cc1. The molecule has 30 heavy (non-hydrogen) atoms. The van der Waals surface area contributed by atoms with Crippen molar-refractivity contribution in [1.29, 1.82) is 0 Å². The van der Waals surface area contributed by atoms with Gasteiger partial charge in [-0.25, -0.2) is 4.79 Å². The van der Waals surface area contributed by atoms with Crippen LogP contribution in [0.4, 0.5) is 8.78 Å². The number of benzene rings is 1. The van der Waals surface area contributed by atoms with E-state index in [1.165, 1.54) is 24.3 Å². The van der Waals surface area contributed by atoms with Gasteiger partial charge in [-0.05, 0) is 44.2 Å². The van der Waals surface area contributed by atoms with Gasteiger partial charge in [-0.1, -0.05) is 0 Å². The number of carbonyl (C=O) groups is 2. The molecule has 0 spiro atoms. The standard InChI is InChI=1S/C21H18F2N2O5/c1-13-11-18(19(26)12-29-20(27)15-7-9-24(28)10-8-15)14(2)25(13)16-3-5-17(6-4-16)30-21(22)23/h3-11,21H,12H2,1-2H3. The van der Waals surface area contributed by atoms with Crippen molar-refractivity contribution in [2.24, 2.45) is 0 Å². The molecule has 0 amide bonds. The number of ketones is 1. The van der Waals surface area contributed by atoms with E-state index in [0.717, 1.165) is 18.1 Å². The van der Waals surface area contributed by atoms with E-state index in [9.17, 15) is 23.6 Å². The molecule has 2 aromatic heterocycles. The van der Waals surface area contributed by atoms with E-state index < -0.39 is 25.0 Å². The molecule has 0 aliphatic rings. The van der Waals surface area contributed by atoms with Crippen LogP contribution in [0, 0.1) is 19.1 Å².